The minimum Gasteiger partial charge on any atom is -0.395 e. The van der Waals surface area contributed by atoms with Gasteiger partial charge in [0.1, 0.15) is 11.3 Å². The highest BCUT2D eigenvalue weighted by Gasteiger charge is 2.25. The molecule has 192 valence electrons. The number of aliphatic hydroxyl groups is 2. The molecule has 0 saturated carbocycles. The Balaban J connectivity index is 1.30. The number of hydrogen-bond donors (Lipinski definition) is 3. The van der Waals surface area contributed by atoms with Gasteiger partial charge in [-0.3, -0.25) is 9.80 Å². The highest BCUT2D eigenvalue weighted by molar-refractivity contribution is 5.89. The molecule has 5 rings (SSSR count). The maximum Gasteiger partial charge on any atom is 0.229 e. The van der Waals surface area contributed by atoms with Crippen molar-refractivity contribution in [3.05, 3.63) is 41.9 Å². The number of aliphatic hydroxyl groups excluding tert-OH is 2. The number of anilines is 3. The fourth-order valence-corrected chi connectivity index (χ4v) is 5.04. The zero-order chi connectivity index (χ0) is 25.1. The number of β-amino-alcohol motifs (C(OH)–C–C–N with tert-alkyl or cyclic N) is 1. The average Bonchev–Trinajstić information content (AvgIpc) is 3.31. The number of rotatable bonds is 8. The van der Waals surface area contributed by atoms with Crippen LogP contribution in [0.25, 0.3) is 10.9 Å². The predicted octanol–water partition coefficient (Wildman–Crippen LogP) is 2.32. The van der Waals surface area contributed by atoms with Gasteiger partial charge in [0.2, 0.25) is 5.95 Å². The van der Waals surface area contributed by atoms with E-state index in [9.17, 15) is 5.11 Å². The van der Waals surface area contributed by atoms with Crippen LogP contribution in [0.5, 0.6) is 0 Å². The number of aromatic nitrogens is 4. The summed E-state index contributed by atoms with van der Waals surface area (Å²) in [5.74, 6) is 1.97. The third kappa shape index (κ3) is 5.57. The third-order valence-electron chi connectivity index (χ3n) is 7.17. The van der Waals surface area contributed by atoms with Crippen molar-refractivity contribution in [2.45, 2.75) is 45.4 Å². The monoisotopic (exact) mass is 492 g/mol. The van der Waals surface area contributed by atoms with E-state index in [4.69, 9.17) is 15.1 Å². The molecule has 2 aliphatic heterocycles. The van der Waals surface area contributed by atoms with Crippen molar-refractivity contribution in [3.8, 4) is 0 Å². The summed E-state index contributed by atoms with van der Waals surface area (Å²) in [4.78, 5) is 25.7. The molecule has 0 unspecified atom stereocenters. The Morgan fingerprint density at radius 3 is 2.53 bits per heavy atom. The van der Waals surface area contributed by atoms with Gasteiger partial charge < -0.3 is 20.4 Å². The molecule has 0 aromatic carbocycles. The molecule has 2 saturated heterocycles. The van der Waals surface area contributed by atoms with Gasteiger partial charge in [-0.05, 0) is 44.4 Å². The fraction of sp³-hybridized carbons (Fsp3) is 0.538. The van der Waals surface area contributed by atoms with Crippen LogP contribution in [0.2, 0.25) is 0 Å². The van der Waals surface area contributed by atoms with Gasteiger partial charge in [0.15, 0.2) is 5.82 Å². The molecule has 2 aliphatic rings. The van der Waals surface area contributed by atoms with Crippen molar-refractivity contribution in [1.29, 1.82) is 0 Å². The van der Waals surface area contributed by atoms with Gasteiger partial charge in [-0.2, -0.15) is 0 Å². The van der Waals surface area contributed by atoms with Crippen molar-refractivity contribution in [2.75, 3.05) is 56.1 Å². The van der Waals surface area contributed by atoms with Gasteiger partial charge >= 0.3 is 0 Å². The average molecular weight is 493 g/mol. The second-order valence-electron chi connectivity index (χ2n) is 9.88. The maximum atomic E-state index is 10.2. The molecule has 36 heavy (non-hydrogen) atoms. The maximum absolute atomic E-state index is 10.2. The van der Waals surface area contributed by atoms with Crippen LogP contribution < -0.4 is 10.2 Å². The Morgan fingerprint density at radius 1 is 1.06 bits per heavy atom. The quantitative estimate of drug-likeness (QED) is 0.433. The largest absolute Gasteiger partial charge is 0.395 e. The number of piperazine rings is 1. The Bertz CT molecular complexity index is 1160. The molecule has 10 nitrogen and oxygen atoms in total. The number of nitrogens with one attached hydrogen (secondary N) is 1. The molecule has 0 spiro atoms. The van der Waals surface area contributed by atoms with E-state index in [-0.39, 0.29) is 6.61 Å². The molecule has 3 N–H and O–H groups in total. The standard InChI is InChI=1S/C26H36N8O2/c1-18-4-3-7-34(18)25-24-21(14-22(29-25)19(2)36)16-28-26(31-24)30-23-6-5-20(15-27-23)17-33-10-8-32(9-11-33)12-13-35/h5-6,14-16,18-19,35-36H,3-4,7-13,17H2,1-2H3,(H,27,28,30,31)/t18-,19+/m0/s1. The first-order valence-corrected chi connectivity index (χ1v) is 12.9. The van der Waals surface area contributed by atoms with Crippen LogP contribution in [0.15, 0.2) is 30.6 Å². The van der Waals surface area contributed by atoms with Crippen molar-refractivity contribution in [3.63, 3.8) is 0 Å². The van der Waals surface area contributed by atoms with Gasteiger partial charge in [-0.25, -0.2) is 19.9 Å². The Morgan fingerprint density at radius 2 is 1.86 bits per heavy atom. The topological polar surface area (TPSA) is 114 Å². The molecule has 0 bridgehead atoms. The summed E-state index contributed by atoms with van der Waals surface area (Å²) in [5, 5.41) is 23.4. The van der Waals surface area contributed by atoms with Gasteiger partial charge in [0, 0.05) is 69.6 Å². The van der Waals surface area contributed by atoms with E-state index in [1.165, 1.54) is 0 Å². The summed E-state index contributed by atoms with van der Waals surface area (Å²) >= 11 is 0. The molecule has 2 atom stereocenters. The summed E-state index contributed by atoms with van der Waals surface area (Å²) < 4.78 is 0. The summed E-state index contributed by atoms with van der Waals surface area (Å²) in [6.07, 6.45) is 5.27. The van der Waals surface area contributed by atoms with E-state index in [1.54, 1.807) is 13.1 Å². The second kappa shape index (κ2) is 11.0. The summed E-state index contributed by atoms with van der Waals surface area (Å²) in [5.41, 5.74) is 2.58. The zero-order valence-electron chi connectivity index (χ0n) is 21.1. The van der Waals surface area contributed by atoms with E-state index < -0.39 is 6.10 Å². The molecular formula is C26H36N8O2. The summed E-state index contributed by atoms with van der Waals surface area (Å²) in [7, 11) is 0. The molecule has 3 aromatic rings. The molecule has 2 fully saturated rings. The first-order valence-electron chi connectivity index (χ1n) is 12.9. The smallest absolute Gasteiger partial charge is 0.229 e. The summed E-state index contributed by atoms with van der Waals surface area (Å²) in [6, 6.07) is 6.29. The predicted molar refractivity (Wildman–Crippen MR) is 140 cm³/mol. The Kier molecular flexibility index (Phi) is 7.56. The van der Waals surface area contributed by atoms with Crippen LogP contribution in [0.3, 0.4) is 0 Å². The van der Waals surface area contributed by atoms with E-state index in [2.05, 4.69) is 43.0 Å². The van der Waals surface area contributed by atoms with Gasteiger partial charge in [-0.1, -0.05) is 6.07 Å². The number of fused-ring (bicyclic) bond motifs is 1. The molecule has 3 aromatic heterocycles. The highest BCUT2D eigenvalue weighted by Crippen LogP contribution is 2.32. The minimum atomic E-state index is -0.656. The SMILES string of the molecule is C[C@@H](O)c1cc2cnc(Nc3ccc(CN4CCN(CCO)CC4)cn3)nc2c(N2CCC[C@@H]2C)n1. The highest BCUT2D eigenvalue weighted by atomic mass is 16.3. The van der Waals surface area contributed by atoms with Crippen LogP contribution >= 0.6 is 0 Å². The van der Waals surface area contributed by atoms with E-state index in [0.29, 0.717) is 23.5 Å². The van der Waals surface area contributed by atoms with E-state index >= 15 is 0 Å². The van der Waals surface area contributed by atoms with Gasteiger partial charge in [-0.15, -0.1) is 0 Å². The van der Waals surface area contributed by atoms with Crippen molar-refractivity contribution >= 4 is 28.5 Å². The number of pyridine rings is 2. The first-order chi connectivity index (χ1) is 17.5. The lowest BCUT2D eigenvalue weighted by Crippen LogP contribution is -2.46. The van der Waals surface area contributed by atoms with Crippen LogP contribution in [-0.2, 0) is 6.54 Å². The van der Waals surface area contributed by atoms with Crippen LogP contribution in [0.4, 0.5) is 17.6 Å². The van der Waals surface area contributed by atoms with Crippen LogP contribution in [0.1, 0.15) is 44.1 Å². The van der Waals surface area contributed by atoms with Crippen molar-refractivity contribution < 1.29 is 10.2 Å². The van der Waals surface area contributed by atoms with Crippen molar-refractivity contribution in [1.82, 2.24) is 29.7 Å². The lowest BCUT2D eigenvalue weighted by Gasteiger charge is -2.34. The number of hydrogen-bond acceptors (Lipinski definition) is 10. The third-order valence-corrected chi connectivity index (χ3v) is 7.17. The molecule has 5 heterocycles. The lowest BCUT2D eigenvalue weighted by molar-refractivity contribution is 0.108. The van der Waals surface area contributed by atoms with Gasteiger partial charge in [0.25, 0.3) is 0 Å². The van der Waals surface area contributed by atoms with Gasteiger partial charge in [0.05, 0.1) is 18.4 Å². The molecule has 0 aliphatic carbocycles. The Hall–Kier alpha value is -2.92. The molecule has 0 radical (unpaired) electrons. The normalized spacial score (nSPS) is 20.2. The number of nitrogens with zero attached hydrogens (tertiary/aromatic N) is 7. The zero-order valence-corrected chi connectivity index (χ0v) is 21.1. The first kappa shape index (κ1) is 24.8. The molecular weight excluding hydrogens is 456 g/mol. The van der Waals surface area contributed by atoms with Crippen molar-refractivity contribution in [2.24, 2.45) is 0 Å². The summed E-state index contributed by atoms with van der Waals surface area (Å²) in [6.45, 7) is 10.7. The van der Waals surface area contributed by atoms with E-state index in [0.717, 1.165) is 80.9 Å². The molecule has 0 amide bonds. The minimum absolute atomic E-state index is 0.220. The van der Waals surface area contributed by atoms with E-state index in [1.807, 2.05) is 18.3 Å². The second-order valence-corrected chi connectivity index (χ2v) is 9.88. The molecule has 10 heteroatoms. The lowest BCUT2D eigenvalue weighted by atomic mass is 10.2. The Labute approximate surface area is 212 Å². The fourth-order valence-electron chi connectivity index (χ4n) is 5.04. The van der Waals surface area contributed by atoms with Crippen LogP contribution in [0, 0.1) is 0 Å². The van der Waals surface area contributed by atoms with Crippen LogP contribution in [-0.4, -0.2) is 91.9 Å².